The van der Waals surface area contributed by atoms with Crippen LogP contribution in [0.5, 0.6) is 0 Å². The zero-order chi connectivity index (χ0) is 19.9. The highest BCUT2D eigenvalue weighted by Crippen LogP contribution is 2.48. The molecule has 0 spiro atoms. The summed E-state index contributed by atoms with van der Waals surface area (Å²) in [6, 6.07) is 0. The molecular weight excluding hydrogens is 388 g/mol. The zero-order valence-corrected chi connectivity index (χ0v) is 18.2. The fraction of sp³-hybridized carbons (Fsp3) is 0.500. The lowest BCUT2D eigenvalue weighted by atomic mass is 9.77. The van der Waals surface area contributed by atoms with Gasteiger partial charge in [-0.3, -0.25) is 4.79 Å². The van der Waals surface area contributed by atoms with E-state index in [-0.39, 0.29) is 23.2 Å². The van der Waals surface area contributed by atoms with Crippen LogP contribution in [-0.2, 0) is 22.4 Å². The second-order valence-corrected chi connectivity index (χ2v) is 10.6. The van der Waals surface area contributed by atoms with E-state index in [2.05, 4.69) is 24.5 Å². The number of amides is 1. The monoisotopic (exact) mass is 414 g/mol. The van der Waals surface area contributed by atoms with Crippen molar-refractivity contribution in [3.05, 3.63) is 33.7 Å². The number of carbonyl (C=O) groups excluding carboxylic acids is 2. The van der Waals surface area contributed by atoms with Gasteiger partial charge in [-0.2, -0.15) is 0 Å². The molecule has 1 amide bonds. The number of thiazole rings is 1. The molecule has 2 aromatic heterocycles. The van der Waals surface area contributed by atoms with Gasteiger partial charge < -0.3 is 10.1 Å². The quantitative estimate of drug-likeness (QED) is 0.537. The van der Waals surface area contributed by atoms with E-state index in [1.165, 1.54) is 10.4 Å². The van der Waals surface area contributed by atoms with E-state index in [1.807, 2.05) is 19.1 Å². The molecule has 4 rings (SSSR count). The molecule has 6 heteroatoms. The van der Waals surface area contributed by atoms with Gasteiger partial charge >= 0.3 is 0 Å². The average Bonchev–Trinajstić information content (AvgIpc) is 3.23. The maximum absolute atomic E-state index is 13.1. The first-order valence-corrected chi connectivity index (χ1v) is 11.6. The molecule has 2 aliphatic carbocycles. The molecule has 0 saturated carbocycles. The van der Waals surface area contributed by atoms with Crippen LogP contribution < -0.4 is 5.32 Å². The number of aryl methyl sites for hydroxylation is 1. The molecule has 2 aliphatic rings. The van der Waals surface area contributed by atoms with Crippen molar-refractivity contribution < 1.29 is 9.59 Å². The SMILES string of the molecule is Cc1csc(-c2c(NC(=O)C3CC=CCC3C=O)sc3c2CCC(C)(C)C3)n1. The van der Waals surface area contributed by atoms with E-state index in [1.54, 1.807) is 22.7 Å². The molecule has 1 N–H and O–H groups in total. The van der Waals surface area contributed by atoms with E-state index in [9.17, 15) is 9.59 Å². The van der Waals surface area contributed by atoms with Crippen molar-refractivity contribution in [3.8, 4) is 10.6 Å². The van der Waals surface area contributed by atoms with E-state index >= 15 is 0 Å². The van der Waals surface area contributed by atoms with Crippen molar-refractivity contribution in [1.29, 1.82) is 0 Å². The lowest BCUT2D eigenvalue weighted by molar-refractivity contribution is -0.125. The number of nitrogens with one attached hydrogen (secondary N) is 1. The number of hydrogen-bond acceptors (Lipinski definition) is 5. The molecule has 148 valence electrons. The number of fused-ring (bicyclic) bond motifs is 1. The molecule has 0 fully saturated rings. The molecule has 0 saturated heterocycles. The van der Waals surface area contributed by atoms with Crippen LogP contribution in [0.1, 0.15) is 49.2 Å². The second kappa shape index (κ2) is 7.56. The lowest BCUT2D eigenvalue weighted by Gasteiger charge is -2.29. The van der Waals surface area contributed by atoms with Crippen LogP contribution in [-0.4, -0.2) is 17.2 Å². The number of anilines is 1. The number of rotatable bonds is 4. The molecule has 2 aromatic rings. The predicted octanol–water partition coefficient (Wildman–Crippen LogP) is 5.41. The number of allylic oxidation sites excluding steroid dienone is 2. The number of nitrogens with zero attached hydrogens (tertiary/aromatic N) is 1. The van der Waals surface area contributed by atoms with Gasteiger partial charge in [0.05, 0.1) is 5.92 Å². The molecule has 4 nitrogen and oxygen atoms in total. The van der Waals surface area contributed by atoms with Crippen molar-refractivity contribution >= 4 is 39.9 Å². The third kappa shape index (κ3) is 3.72. The Hall–Kier alpha value is -1.79. The third-order valence-electron chi connectivity index (χ3n) is 5.84. The zero-order valence-electron chi connectivity index (χ0n) is 16.6. The maximum Gasteiger partial charge on any atom is 0.229 e. The molecular formula is C22H26N2O2S2. The fourth-order valence-corrected chi connectivity index (χ4v) is 6.63. The van der Waals surface area contributed by atoms with E-state index in [0.29, 0.717) is 12.8 Å². The molecule has 0 aromatic carbocycles. The first kappa shape index (κ1) is 19.5. The summed E-state index contributed by atoms with van der Waals surface area (Å²) in [6.07, 6.45) is 9.40. The molecule has 0 bridgehead atoms. The van der Waals surface area contributed by atoms with E-state index < -0.39 is 0 Å². The van der Waals surface area contributed by atoms with Crippen LogP contribution in [0.2, 0.25) is 0 Å². The first-order valence-electron chi connectivity index (χ1n) is 9.86. The van der Waals surface area contributed by atoms with Crippen LogP contribution in [0.4, 0.5) is 5.00 Å². The highest BCUT2D eigenvalue weighted by molar-refractivity contribution is 7.18. The van der Waals surface area contributed by atoms with Gasteiger partial charge in [-0.05, 0) is 50.0 Å². The number of aromatic nitrogens is 1. The van der Waals surface area contributed by atoms with Crippen LogP contribution >= 0.6 is 22.7 Å². The Labute approximate surface area is 174 Å². The summed E-state index contributed by atoms with van der Waals surface area (Å²) in [5.41, 5.74) is 3.75. The molecule has 28 heavy (non-hydrogen) atoms. The standard InChI is InChI=1S/C22H26N2O2S2/c1-13-12-27-20(23-13)18-16-8-9-22(2,3)10-17(16)28-21(18)24-19(26)15-7-5-4-6-14(15)11-25/h4-5,11-12,14-15H,6-10H2,1-3H3,(H,24,26). The number of thiophene rings is 1. The summed E-state index contributed by atoms with van der Waals surface area (Å²) in [5, 5.41) is 7.14. The van der Waals surface area contributed by atoms with Gasteiger partial charge in [0, 0.05) is 27.4 Å². The summed E-state index contributed by atoms with van der Waals surface area (Å²) in [7, 11) is 0. The fourth-order valence-electron chi connectivity index (χ4n) is 4.18. The average molecular weight is 415 g/mol. The van der Waals surface area contributed by atoms with Crippen molar-refractivity contribution in [2.24, 2.45) is 17.3 Å². The van der Waals surface area contributed by atoms with Gasteiger partial charge in [-0.1, -0.05) is 26.0 Å². The van der Waals surface area contributed by atoms with Gasteiger partial charge in [-0.25, -0.2) is 4.98 Å². The van der Waals surface area contributed by atoms with E-state index in [4.69, 9.17) is 4.98 Å². The van der Waals surface area contributed by atoms with Crippen LogP contribution in [0.3, 0.4) is 0 Å². The number of aldehydes is 1. The summed E-state index contributed by atoms with van der Waals surface area (Å²) < 4.78 is 0. The Kier molecular flexibility index (Phi) is 5.27. The summed E-state index contributed by atoms with van der Waals surface area (Å²) in [4.78, 5) is 30.6. The molecule has 0 aliphatic heterocycles. The van der Waals surface area contributed by atoms with Gasteiger partial charge in [0.15, 0.2) is 0 Å². The number of carbonyl (C=O) groups is 2. The Morgan fingerprint density at radius 3 is 2.82 bits per heavy atom. The normalized spacial score (nSPS) is 23.2. The first-order chi connectivity index (χ1) is 13.4. The maximum atomic E-state index is 13.1. The highest BCUT2D eigenvalue weighted by atomic mass is 32.1. The van der Waals surface area contributed by atoms with Crippen molar-refractivity contribution in [1.82, 2.24) is 4.98 Å². The van der Waals surface area contributed by atoms with Gasteiger partial charge in [0.2, 0.25) is 5.91 Å². The largest absolute Gasteiger partial charge is 0.317 e. The summed E-state index contributed by atoms with van der Waals surface area (Å²) >= 11 is 3.34. The van der Waals surface area contributed by atoms with Crippen LogP contribution in [0, 0.1) is 24.2 Å². The summed E-state index contributed by atoms with van der Waals surface area (Å²) in [5.74, 6) is -0.568. The van der Waals surface area contributed by atoms with Crippen LogP contribution in [0.15, 0.2) is 17.5 Å². The molecule has 2 heterocycles. The minimum atomic E-state index is -0.288. The summed E-state index contributed by atoms with van der Waals surface area (Å²) in [6.45, 7) is 6.62. The Morgan fingerprint density at radius 1 is 1.32 bits per heavy atom. The smallest absolute Gasteiger partial charge is 0.229 e. The van der Waals surface area contributed by atoms with Gasteiger partial charge in [0.1, 0.15) is 16.3 Å². The Balaban J connectivity index is 1.70. The second-order valence-electron chi connectivity index (χ2n) is 8.68. The Bertz CT molecular complexity index is 938. The predicted molar refractivity (Wildman–Crippen MR) is 116 cm³/mol. The molecule has 2 unspecified atom stereocenters. The Morgan fingerprint density at radius 2 is 2.11 bits per heavy atom. The number of hydrogen-bond donors (Lipinski definition) is 1. The van der Waals surface area contributed by atoms with Crippen molar-refractivity contribution in [2.75, 3.05) is 5.32 Å². The van der Waals surface area contributed by atoms with Crippen molar-refractivity contribution in [2.45, 2.75) is 52.9 Å². The van der Waals surface area contributed by atoms with Gasteiger partial charge in [-0.15, -0.1) is 22.7 Å². The van der Waals surface area contributed by atoms with Gasteiger partial charge in [0.25, 0.3) is 0 Å². The van der Waals surface area contributed by atoms with E-state index in [0.717, 1.165) is 46.8 Å². The molecule has 2 atom stereocenters. The molecule has 0 radical (unpaired) electrons. The topological polar surface area (TPSA) is 59.1 Å². The third-order valence-corrected chi connectivity index (χ3v) is 7.97. The highest BCUT2D eigenvalue weighted by Gasteiger charge is 2.34. The van der Waals surface area contributed by atoms with Crippen LogP contribution in [0.25, 0.3) is 10.6 Å². The lowest BCUT2D eigenvalue weighted by Crippen LogP contribution is -2.31. The minimum absolute atomic E-state index is 0.0474. The van der Waals surface area contributed by atoms with Crippen molar-refractivity contribution in [3.63, 3.8) is 0 Å². The minimum Gasteiger partial charge on any atom is -0.317 e.